The summed E-state index contributed by atoms with van der Waals surface area (Å²) < 4.78 is 12.2. The highest BCUT2D eigenvalue weighted by molar-refractivity contribution is 7.99. The summed E-state index contributed by atoms with van der Waals surface area (Å²) in [6.45, 7) is 0. The van der Waals surface area contributed by atoms with E-state index in [-0.39, 0.29) is 12.5 Å². The molecule has 3 aliphatic heterocycles. The minimum Gasteiger partial charge on any atom is -0.481 e. The summed E-state index contributed by atoms with van der Waals surface area (Å²) >= 11 is 2.08. The van der Waals surface area contributed by atoms with Crippen molar-refractivity contribution in [3.05, 3.63) is 60.2 Å². The van der Waals surface area contributed by atoms with Gasteiger partial charge in [-0.1, -0.05) is 61.1 Å². The Bertz CT molecular complexity index is 823. The molecule has 2 bridgehead atoms. The normalized spacial score (nSPS) is 28.8. The van der Waals surface area contributed by atoms with Gasteiger partial charge in [0.15, 0.2) is 0 Å². The number of unbranched alkanes of at least 4 members (excludes halogenated alkanes) is 3. The van der Waals surface area contributed by atoms with Crippen molar-refractivity contribution in [2.45, 2.75) is 95.0 Å². The van der Waals surface area contributed by atoms with Crippen LogP contribution in [0.1, 0.15) is 69.8 Å². The molecule has 3 saturated heterocycles. The fourth-order valence-corrected chi connectivity index (χ4v) is 6.66. The van der Waals surface area contributed by atoms with E-state index in [9.17, 15) is 4.79 Å². The van der Waals surface area contributed by atoms with Crippen molar-refractivity contribution in [2.75, 3.05) is 11.5 Å². The van der Waals surface area contributed by atoms with Crippen molar-refractivity contribution in [1.29, 1.82) is 0 Å². The fraction of sp³-hybridized carbons (Fsp3) is 0.633. The van der Waals surface area contributed by atoms with Gasteiger partial charge in [-0.15, -0.1) is 0 Å². The number of hydrogen-bond donors (Lipinski definition) is 1. The van der Waals surface area contributed by atoms with Gasteiger partial charge in [-0.05, 0) is 86.7 Å². The van der Waals surface area contributed by atoms with Crippen LogP contribution in [-0.4, -0.2) is 47.0 Å². The third kappa shape index (κ3) is 8.23. The van der Waals surface area contributed by atoms with Crippen molar-refractivity contribution in [3.8, 4) is 0 Å². The van der Waals surface area contributed by atoms with Crippen molar-refractivity contribution in [1.82, 2.24) is 0 Å². The standard InChI is InChI=1S/C30H42O4S/c31-26(32)20-11-4-3-10-18-24-25(28-30-29(34-30)27(24)33-28)19-12-14-22-35-21-13-5-1-2-7-15-23-16-8-6-9-17-23/h1,3,5-6,8-10,16-17,24-25,27-30H,2,4,7,11-15,18-22H2,(H,31,32)/b5-1?,10-3-/t24-,25+,27+,28-,29-,30+/m0/s1. The molecule has 1 aromatic carbocycles. The van der Waals surface area contributed by atoms with Crippen LogP contribution < -0.4 is 0 Å². The van der Waals surface area contributed by atoms with Crippen LogP contribution in [0, 0.1) is 11.8 Å². The van der Waals surface area contributed by atoms with E-state index >= 15 is 0 Å². The molecule has 1 N–H and O–H groups in total. The second kappa shape index (κ2) is 14.2. The average Bonchev–Trinajstić information content (AvgIpc) is 3.49. The van der Waals surface area contributed by atoms with Crippen molar-refractivity contribution >= 4 is 17.7 Å². The molecule has 3 heterocycles. The average molecular weight is 499 g/mol. The van der Waals surface area contributed by atoms with Gasteiger partial charge in [-0.3, -0.25) is 4.79 Å². The van der Waals surface area contributed by atoms with Crippen molar-refractivity contribution in [3.63, 3.8) is 0 Å². The third-order valence-corrected chi connectivity index (χ3v) is 8.71. The molecule has 3 fully saturated rings. The fourth-order valence-electron chi connectivity index (χ4n) is 5.75. The number of carboxylic acids is 1. The number of thioether (sulfide) groups is 1. The van der Waals surface area contributed by atoms with Gasteiger partial charge >= 0.3 is 5.97 Å². The number of epoxide rings is 1. The molecule has 0 aliphatic carbocycles. The van der Waals surface area contributed by atoms with Gasteiger partial charge in [0.2, 0.25) is 0 Å². The maximum absolute atomic E-state index is 10.6. The lowest BCUT2D eigenvalue weighted by molar-refractivity contribution is -0.137. The predicted octanol–water partition coefficient (Wildman–Crippen LogP) is 6.84. The molecule has 35 heavy (non-hydrogen) atoms. The molecule has 6 atom stereocenters. The first-order valence-corrected chi connectivity index (χ1v) is 14.8. The molecule has 5 heteroatoms. The molecular formula is C30H42O4S. The van der Waals surface area contributed by atoms with Gasteiger partial charge in [-0.2, -0.15) is 11.8 Å². The highest BCUT2D eigenvalue weighted by Gasteiger charge is 2.68. The number of ether oxygens (including phenoxy) is 2. The molecule has 1 aromatic rings. The number of carboxylic acid groups (broad SMARTS) is 1. The van der Waals surface area contributed by atoms with Crippen LogP contribution in [0.2, 0.25) is 0 Å². The predicted molar refractivity (Wildman–Crippen MR) is 144 cm³/mol. The summed E-state index contributed by atoms with van der Waals surface area (Å²) in [5.41, 5.74) is 1.44. The van der Waals surface area contributed by atoms with E-state index in [1.54, 1.807) is 0 Å². The second-order valence-corrected chi connectivity index (χ2v) is 11.4. The van der Waals surface area contributed by atoms with Crippen LogP contribution in [-0.2, 0) is 20.7 Å². The molecule has 4 rings (SSSR count). The Morgan fingerprint density at radius 3 is 2.34 bits per heavy atom. The van der Waals surface area contributed by atoms with Gasteiger partial charge in [0.25, 0.3) is 0 Å². The van der Waals surface area contributed by atoms with E-state index in [0.717, 1.165) is 19.3 Å². The lowest BCUT2D eigenvalue weighted by Gasteiger charge is -2.25. The minimum absolute atomic E-state index is 0.255. The Kier molecular flexibility index (Phi) is 10.8. The number of hydrogen-bond acceptors (Lipinski definition) is 4. The largest absolute Gasteiger partial charge is 0.481 e. The number of aliphatic carboxylic acids is 1. The van der Waals surface area contributed by atoms with Gasteiger partial charge in [0.1, 0.15) is 12.2 Å². The molecule has 0 radical (unpaired) electrons. The van der Waals surface area contributed by atoms with Crippen LogP contribution in [0.5, 0.6) is 0 Å². The summed E-state index contributed by atoms with van der Waals surface area (Å²) in [6.07, 6.45) is 21.9. The number of carbonyl (C=O) groups is 1. The summed E-state index contributed by atoms with van der Waals surface area (Å²) in [5.74, 6) is 2.95. The monoisotopic (exact) mass is 498 g/mol. The molecule has 0 unspecified atom stereocenters. The number of aryl methyl sites for hydroxylation is 1. The van der Waals surface area contributed by atoms with Crippen LogP contribution >= 0.6 is 11.8 Å². The molecule has 0 saturated carbocycles. The van der Waals surface area contributed by atoms with E-state index in [2.05, 4.69) is 66.4 Å². The Balaban J connectivity index is 1.03. The first kappa shape index (κ1) is 26.5. The summed E-state index contributed by atoms with van der Waals surface area (Å²) in [5, 5.41) is 8.76. The number of benzene rings is 1. The summed E-state index contributed by atoms with van der Waals surface area (Å²) in [4.78, 5) is 10.6. The van der Waals surface area contributed by atoms with E-state index < -0.39 is 5.97 Å². The second-order valence-electron chi connectivity index (χ2n) is 10.2. The highest BCUT2D eigenvalue weighted by Crippen LogP contribution is 2.56. The van der Waals surface area contributed by atoms with E-state index in [1.807, 2.05) is 0 Å². The van der Waals surface area contributed by atoms with E-state index in [4.69, 9.17) is 14.6 Å². The molecule has 0 amide bonds. The maximum atomic E-state index is 10.6. The smallest absolute Gasteiger partial charge is 0.303 e. The zero-order valence-electron chi connectivity index (χ0n) is 20.9. The van der Waals surface area contributed by atoms with Crippen LogP contribution in [0.15, 0.2) is 54.6 Å². The van der Waals surface area contributed by atoms with Crippen LogP contribution in [0.3, 0.4) is 0 Å². The molecule has 4 nitrogen and oxygen atoms in total. The molecule has 0 spiro atoms. The molecule has 3 aliphatic rings. The Morgan fingerprint density at radius 2 is 1.51 bits per heavy atom. The van der Waals surface area contributed by atoms with Gasteiger partial charge in [-0.25, -0.2) is 0 Å². The van der Waals surface area contributed by atoms with Gasteiger partial charge < -0.3 is 14.6 Å². The topological polar surface area (TPSA) is 59.1 Å². The molecule has 0 aromatic heterocycles. The highest BCUT2D eigenvalue weighted by atomic mass is 32.2. The maximum Gasteiger partial charge on any atom is 0.303 e. The number of fused-ring (bicyclic) bond motifs is 5. The minimum atomic E-state index is -0.707. The van der Waals surface area contributed by atoms with Crippen molar-refractivity contribution in [2.24, 2.45) is 11.8 Å². The van der Waals surface area contributed by atoms with Crippen LogP contribution in [0.25, 0.3) is 0 Å². The Labute approximate surface area is 215 Å². The summed E-state index contributed by atoms with van der Waals surface area (Å²) in [6, 6.07) is 10.8. The quantitative estimate of drug-likeness (QED) is 0.136. The zero-order valence-corrected chi connectivity index (χ0v) is 21.7. The Morgan fingerprint density at radius 1 is 0.800 bits per heavy atom. The number of allylic oxidation sites excluding steroid dienone is 4. The lowest BCUT2D eigenvalue weighted by Crippen LogP contribution is -2.32. The number of rotatable bonds is 18. The van der Waals surface area contributed by atoms with E-state index in [0.29, 0.717) is 30.1 Å². The lowest BCUT2D eigenvalue weighted by atomic mass is 9.75. The summed E-state index contributed by atoms with van der Waals surface area (Å²) in [7, 11) is 0. The first-order chi connectivity index (χ1) is 17.2. The van der Waals surface area contributed by atoms with Crippen molar-refractivity contribution < 1.29 is 19.4 Å². The SMILES string of the molecule is O=C(O)CCC/C=C\C[C@H]1[C@@H](CCCCSCCC=CCCCc2ccccc2)[C@@H]2O[C@H]1[C@@H]1O[C@@H]12. The van der Waals surface area contributed by atoms with Gasteiger partial charge in [0, 0.05) is 6.42 Å². The van der Waals surface area contributed by atoms with E-state index in [1.165, 1.54) is 62.0 Å². The first-order valence-electron chi connectivity index (χ1n) is 13.7. The molecule has 192 valence electrons. The third-order valence-electron chi connectivity index (χ3n) is 7.60. The molecular weight excluding hydrogens is 456 g/mol. The Hall–Kier alpha value is -1.56. The zero-order chi connectivity index (χ0) is 24.3. The van der Waals surface area contributed by atoms with Crippen LogP contribution in [0.4, 0.5) is 0 Å². The van der Waals surface area contributed by atoms with Gasteiger partial charge in [0.05, 0.1) is 12.2 Å².